The van der Waals surface area contributed by atoms with Gasteiger partial charge in [-0.05, 0) is 31.0 Å². The van der Waals surface area contributed by atoms with E-state index in [2.05, 4.69) is 25.3 Å². The van der Waals surface area contributed by atoms with E-state index in [0.29, 0.717) is 35.7 Å². The summed E-state index contributed by atoms with van der Waals surface area (Å²) in [4.78, 5) is 31.7. The van der Waals surface area contributed by atoms with Gasteiger partial charge in [0.1, 0.15) is 5.82 Å². The first-order chi connectivity index (χ1) is 13.0. The topological polar surface area (TPSA) is 122 Å². The minimum Gasteiger partial charge on any atom is -0.453 e. The monoisotopic (exact) mass is 369 g/mol. The lowest BCUT2D eigenvalue weighted by Gasteiger charge is -2.15. The van der Waals surface area contributed by atoms with Crippen molar-refractivity contribution in [3.63, 3.8) is 0 Å². The molecule has 1 unspecified atom stereocenters. The molecular weight excluding hydrogens is 346 g/mol. The van der Waals surface area contributed by atoms with E-state index >= 15 is 0 Å². The summed E-state index contributed by atoms with van der Waals surface area (Å²) in [6.07, 6.45) is 6.35. The number of nitrogens with zero attached hydrogens (tertiary/aromatic N) is 1. The molecule has 0 saturated heterocycles. The molecular formula is C19H23N5O3. The first-order valence-electron chi connectivity index (χ1n) is 8.74. The summed E-state index contributed by atoms with van der Waals surface area (Å²) in [5.74, 6) is 0.351. The van der Waals surface area contributed by atoms with Crippen LogP contribution in [0, 0.1) is 5.92 Å². The first-order valence-corrected chi connectivity index (χ1v) is 8.74. The highest BCUT2D eigenvalue weighted by atomic mass is 16.5. The first kappa shape index (κ1) is 18.7. The van der Waals surface area contributed by atoms with E-state index in [0.717, 1.165) is 5.56 Å². The molecule has 1 aliphatic rings. The van der Waals surface area contributed by atoms with Crippen molar-refractivity contribution >= 4 is 23.4 Å². The number of hydrogen-bond donors (Lipinski definition) is 4. The number of carbonyl (C=O) groups excluding carboxylic acids is 2. The zero-order valence-corrected chi connectivity index (χ0v) is 15.3. The van der Waals surface area contributed by atoms with Crippen LogP contribution in [0.5, 0.6) is 0 Å². The molecule has 8 nitrogen and oxygen atoms in total. The number of ether oxygens (including phenoxy) is 1. The molecule has 0 aliphatic carbocycles. The molecule has 0 spiro atoms. The molecule has 2 bridgehead atoms. The predicted octanol–water partition coefficient (Wildman–Crippen LogP) is 3.18. The molecule has 2 heterocycles. The fourth-order valence-corrected chi connectivity index (χ4v) is 2.80. The summed E-state index contributed by atoms with van der Waals surface area (Å²) in [5, 5.41) is 5.54. The van der Waals surface area contributed by atoms with Gasteiger partial charge in [-0.3, -0.25) is 10.1 Å². The summed E-state index contributed by atoms with van der Waals surface area (Å²) in [5.41, 5.74) is 8.64. The third-order valence-electron chi connectivity index (χ3n) is 4.43. The number of hydrogen-bond acceptors (Lipinski definition) is 5. The second kappa shape index (κ2) is 8.05. The van der Waals surface area contributed by atoms with Crippen LogP contribution >= 0.6 is 0 Å². The Morgan fingerprint density at radius 2 is 2.11 bits per heavy atom. The minimum atomic E-state index is -0.586. The van der Waals surface area contributed by atoms with E-state index in [-0.39, 0.29) is 17.9 Å². The normalized spacial score (nSPS) is 20.9. The van der Waals surface area contributed by atoms with E-state index < -0.39 is 6.09 Å². The van der Waals surface area contributed by atoms with Crippen LogP contribution in [-0.4, -0.2) is 29.1 Å². The van der Waals surface area contributed by atoms with Crippen molar-refractivity contribution < 1.29 is 14.3 Å². The number of nitrogens with one attached hydrogen (secondary N) is 3. The number of anilines is 2. The molecule has 142 valence electrons. The van der Waals surface area contributed by atoms with Crippen molar-refractivity contribution in [1.82, 2.24) is 9.97 Å². The van der Waals surface area contributed by atoms with Crippen molar-refractivity contribution in [3.05, 3.63) is 42.4 Å². The number of aromatic amines is 1. The lowest BCUT2D eigenvalue weighted by atomic mass is 10.0. The van der Waals surface area contributed by atoms with Gasteiger partial charge in [0, 0.05) is 23.4 Å². The van der Waals surface area contributed by atoms with Crippen LogP contribution in [0.1, 0.15) is 31.6 Å². The molecule has 2 atom stereocenters. The second-order valence-electron chi connectivity index (χ2n) is 6.49. The van der Waals surface area contributed by atoms with Gasteiger partial charge in [-0.25, -0.2) is 9.78 Å². The fraction of sp³-hybridized carbons (Fsp3) is 0.316. The number of aromatic nitrogens is 2. The smallest absolute Gasteiger partial charge is 0.411 e. The van der Waals surface area contributed by atoms with Crippen LogP contribution in [0.3, 0.4) is 0 Å². The summed E-state index contributed by atoms with van der Waals surface area (Å²) < 4.78 is 4.62. The molecule has 2 aromatic rings. The van der Waals surface area contributed by atoms with Gasteiger partial charge in [-0.1, -0.05) is 19.1 Å². The average molecular weight is 369 g/mol. The number of amides is 2. The maximum Gasteiger partial charge on any atom is 0.411 e. The standard InChI is InChI=1S/C19H23N5O3/c1-11-5-3-4-6-14(20)17-21-10-16(23-17)13-8-7-12(22-19(26)27-2)9-15(13)24-18(11)25/h3-4,7-11,14H,5-6,20H2,1-2H3,(H,21,23)(H,22,26)(H,24,25)/b4-3+/t11?,14-/m0/s1. The molecule has 27 heavy (non-hydrogen) atoms. The molecule has 5 N–H and O–H groups in total. The van der Waals surface area contributed by atoms with Gasteiger partial charge in [0.05, 0.1) is 24.5 Å². The van der Waals surface area contributed by atoms with E-state index in [1.807, 2.05) is 19.1 Å². The molecule has 3 rings (SSSR count). The number of carbonyl (C=O) groups is 2. The molecule has 0 fully saturated rings. The summed E-state index contributed by atoms with van der Waals surface area (Å²) in [6, 6.07) is 4.94. The molecule has 2 amide bonds. The van der Waals surface area contributed by atoms with Gasteiger partial charge in [-0.2, -0.15) is 0 Å². The molecule has 0 radical (unpaired) electrons. The Morgan fingerprint density at radius 1 is 1.33 bits per heavy atom. The van der Waals surface area contributed by atoms with Crippen molar-refractivity contribution in [2.45, 2.75) is 25.8 Å². The number of H-pyrrole nitrogens is 1. The van der Waals surface area contributed by atoms with Crippen LogP contribution in [-0.2, 0) is 9.53 Å². The highest BCUT2D eigenvalue weighted by molar-refractivity contribution is 5.98. The van der Waals surface area contributed by atoms with E-state index in [9.17, 15) is 9.59 Å². The molecule has 1 aromatic carbocycles. The third kappa shape index (κ3) is 4.35. The van der Waals surface area contributed by atoms with Crippen LogP contribution < -0.4 is 16.4 Å². The fourth-order valence-electron chi connectivity index (χ4n) is 2.80. The largest absolute Gasteiger partial charge is 0.453 e. The van der Waals surface area contributed by atoms with Gasteiger partial charge in [0.25, 0.3) is 0 Å². The molecule has 1 aliphatic heterocycles. The van der Waals surface area contributed by atoms with Crippen LogP contribution in [0.2, 0.25) is 0 Å². The zero-order chi connectivity index (χ0) is 19.4. The molecule has 0 saturated carbocycles. The Kier molecular flexibility index (Phi) is 5.56. The second-order valence-corrected chi connectivity index (χ2v) is 6.49. The van der Waals surface area contributed by atoms with Crippen molar-refractivity contribution in [2.75, 3.05) is 17.7 Å². The lowest BCUT2D eigenvalue weighted by molar-refractivity contribution is -0.119. The predicted molar refractivity (Wildman–Crippen MR) is 103 cm³/mol. The average Bonchev–Trinajstić information content (AvgIpc) is 3.14. The number of benzene rings is 1. The van der Waals surface area contributed by atoms with Gasteiger partial charge in [0.2, 0.25) is 5.91 Å². The van der Waals surface area contributed by atoms with Crippen LogP contribution in [0.4, 0.5) is 16.2 Å². The van der Waals surface area contributed by atoms with Gasteiger partial charge < -0.3 is 20.8 Å². The third-order valence-corrected chi connectivity index (χ3v) is 4.43. The van der Waals surface area contributed by atoms with E-state index in [1.165, 1.54) is 7.11 Å². The number of fused-ring (bicyclic) bond motifs is 4. The highest BCUT2D eigenvalue weighted by Crippen LogP contribution is 2.31. The lowest BCUT2D eigenvalue weighted by Crippen LogP contribution is -2.20. The SMILES string of the molecule is COC(=O)Nc1ccc2c(c1)NC(=O)C(C)C/C=C/C[C@H](N)c1nc-2c[nH]1. The van der Waals surface area contributed by atoms with E-state index in [1.54, 1.807) is 24.4 Å². The zero-order valence-electron chi connectivity index (χ0n) is 15.3. The quantitative estimate of drug-likeness (QED) is 0.575. The number of nitrogens with two attached hydrogens (primary N) is 1. The summed E-state index contributed by atoms with van der Waals surface area (Å²) in [7, 11) is 1.29. The molecule has 1 aromatic heterocycles. The number of imidazole rings is 1. The minimum absolute atomic E-state index is 0.115. The number of rotatable bonds is 1. The van der Waals surface area contributed by atoms with Crippen LogP contribution in [0.25, 0.3) is 11.3 Å². The van der Waals surface area contributed by atoms with Gasteiger partial charge >= 0.3 is 6.09 Å². The Labute approximate surface area is 157 Å². The highest BCUT2D eigenvalue weighted by Gasteiger charge is 2.18. The van der Waals surface area contributed by atoms with Crippen molar-refractivity contribution in [3.8, 4) is 11.3 Å². The maximum absolute atomic E-state index is 12.6. The molecule has 8 heteroatoms. The van der Waals surface area contributed by atoms with Crippen LogP contribution in [0.15, 0.2) is 36.5 Å². The Hall–Kier alpha value is -3.13. The Balaban J connectivity index is 2.03. The van der Waals surface area contributed by atoms with Crippen molar-refractivity contribution in [1.29, 1.82) is 0 Å². The Bertz CT molecular complexity index is 874. The maximum atomic E-state index is 12.6. The van der Waals surface area contributed by atoms with Gasteiger partial charge in [0.15, 0.2) is 0 Å². The number of methoxy groups -OCH3 is 1. The summed E-state index contributed by atoms with van der Waals surface area (Å²) in [6.45, 7) is 1.86. The Morgan fingerprint density at radius 3 is 2.89 bits per heavy atom. The van der Waals surface area contributed by atoms with Crippen molar-refractivity contribution in [2.24, 2.45) is 11.7 Å². The van der Waals surface area contributed by atoms with E-state index in [4.69, 9.17) is 5.73 Å². The van der Waals surface area contributed by atoms with Gasteiger partial charge in [-0.15, -0.1) is 0 Å². The number of allylic oxidation sites excluding steroid dienone is 1. The summed E-state index contributed by atoms with van der Waals surface area (Å²) >= 11 is 0.